The summed E-state index contributed by atoms with van der Waals surface area (Å²) in [5, 5.41) is 0. The van der Waals surface area contributed by atoms with Crippen molar-refractivity contribution in [3.63, 3.8) is 0 Å². The Bertz CT molecular complexity index is 477. The van der Waals surface area contributed by atoms with Gasteiger partial charge in [-0.2, -0.15) is 0 Å². The molecule has 1 aliphatic rings. The van der Waals surface area contributed by atoms with E-state index in [0.717, 1.165) is 18.4 Å². The van der Waals surface area contributed by atoms with Crippen LogP contribution < -0.4 is 0 Å². The van der Waals surface area contributed by atoms with Crippen molar-refractivity contribution in [2.75, 3.05) is 6.61 Å². The van der Waals surface area contributed by atoms with E-state index in [-0.39, 0.29) is 16.8 Å². The van der Waals surface area contributed by atoms with Crippen LogP contribution in [0.25, 0.3) is 0 Å². The first-order valence-corrected chi connectivity index (χ1v) is 7.84. The number of esters is 1. The molecule has 0 radical (unpaired) electrons. The number of carbonyl (C=O) groups is 1. The quantitative estimate of drug-likeness (QED) is 0.515. The minimum atomic E-state index is -0.240. The fourth-order valence-electron chi connectivity index (χ4n) is 2.33. The monoisotopic (exact) mass is 290 g/mol. The number of rotatable bonds is 2. The molecule has 0 aromatic rings. The Balaban J connectivity index is 3.17. The summed E-state index contributed by atoms with van der Waals surface area (Å²) in [6.45, 7) is 15.6. The average Bonchev–Trinajstić information content (AvgIpc) is 2.50. The van der Waals surface area contributed by atoms with Crippen molar-refractivity contribution in [1.82, 2.24) is 0 Å². The largest absolute Gasteiger partial charge is 0.463 e. The van der Waals surface area contributed by atoms with Crippen molar-refractivity contribution < 1.29 is 9.53 Å². The first-order chi connectivity index (χ1) is 9.54. The molecule has 0 aromatic carbocycles. The van der Waals surface area contributed by atoms with Crippen LogP contribution in [0.1, 0.15) is 61.3 Å². The normalized spacial score (nSPS) is 18.9. The second-order valence-corrected chi connectivity index (χ2v) is 7.74. The molecule has 2 nitrogen and oxygen atoms in total. The number of ether oxygens (including phenoxy) is 1. The highest BCUT2D eigenvalue weighted by molar-refractivity contribution is 5.83. The maximum absolute atomic E-state index is 11.7. The molecule has 1 aliphatic carbocycles. The van der Waals surface area contributed by atoms with Crippen molar-refractivity contribution in [2.24, 2.45) is 10.8 Å². The average molecular weight is 290 g/mol. The predicted molar refractivity (Wildman–Crippen MR) is 89.0 cm³/mol. The number of hydrogen-bond donors (Lipinski definition) is 0. The van der Waals surface area contributed by atoms with E-state index in [4.69, 9.17) is 4.74 Å². The van der Waals surface area contributed by atoms with E-state index < -0.39 is 0 Å². The van der Waals surface area contributed by atoms with Gasteiger partial charge in [0, 0.05) is 6.08 Å². The first-order valence-electron chi connectivity index (χ1n) is 7.84. The van der Waals surface area contributed by atoms with E-state index in [1.165, 1.54) is 11.1 Å². The molecule has 0 saturated heterocycles. The molecule has 0 saturated carbocycles. The lowest BCUT2D eigenvalue weighted by Crippen LogP contribution is -2.12. The van der Waals surface area contributed by atoms with Gasteiger partial charge in [0.1, 0.15) is 0 Å². The van der Waals surface area contributed by atoms with Crippen LogP contribution in [0.3, 0.4) is 0 Å². The van der Waals surface area contributed by atoms with Crippen LogP contribution in [0, 0.1) is 10.8 Å². The molecule has 118 valence electrons. The summed E-state index contributed by atoms with van der Waals surface area (Å²) < 4.78 is 5.04. The highest BCUT2D eigenvalue weighted by Crippen LogP contribution is 2.38. The van der Waals surface area contributed by atoms with Gasteiger partial charge in [-0.25, -0.2) is 4.79 Å². The van der Waals surface area contributed by atoms with Crippen molar-refractivity contribution in [2.45, 2.75) is 61.3 Å². The van der Waals surface area contributed by atoms with Gasteiger partial charge in [-0.1, -0.05) is 59.3 Å². The smallest absolute Gasteiger partial charge is 0.331 e. The van der Waals surface area contributed by atoms with Gasteiger partial charge in [-0.3, -0.25) is 0 Å². The molecule has 0 N–H and O–H groups in total. The fourth-order valence-corrected chi connectivity index (χ4v) is 2.33. The van der Waals surface area contributed by atoms with Crippen molar-refractivity contribution in [1.29, 1.82) is 0 Å². The van der Waals surface area contributed by atoms with Gasteiger partial charge in [-0.15, -0.1) is 0 Å². The molecule has 0 bridgehead atoms. The summed E-state index contributed by atoms with van der Waals surface area (Å²) in [6, 6.07) is 0. The molecule has 0 atom stereocenters. The second-order valence-electron chi connectivity index (χ2n) is 7.74. The van der Waals surface area contributed by atoms with Gasteiger partial charge in [0.15, 0.2) is 0 Å². The van der Waals surface area contributed by atoms with E-state index in [2.05, 4.69) is 53.7 Å². The van der Waals surface area contributed by atoms with Crippen LogP contribution in [0.15, 0.2) is 34.9 Å². The zero-order valence-electron chi connectivity index (χ0n) is 14.7. The molecular weight excluding hydrogens is 260 g/mol. The Morgan fingerprint density at radius 1 is 1.10 bits per heavy atom. The fraction of sp³-hybridized carbons (Fsp3) is 0.632. The summed E-state index contributed by atoms with van der Waals surface area (Å²) in [7, 11) is 0. The lowest BCUT2D eigenvalue weighted by Gasteiger charge is -2.25. The third-order valence-electron chi connectivity index (χ3n) is 3.77. The summed E-state index contributed by atoms with van der Waals surface area (Å²) in [5.41, 5.74) is 4.00. The van der Waals surface area contributed by atoms with Gasteiger partial charge in [0.05, 0.1) is 6.61 Å². The highest BCUT2D eigenvalue weighted by atomic mass is 16.5. The van der Waals surface area contributed by atoms with Crippen molar-refractivity contribution in [3.05, 3.63) is 34.9 Å². The second kappa shape index (κ2) is 6.64. The molecule has 0 aromatic heterocycles. The zero-order chi connectivity index (χ0) is 16.3. The molecule has 0 heterocycles. The van der Waals surface area contributed by atoms with E-state index in [1.54, 1.807) is 6.08 Å². The topological polar surface area (TPSA) is 26.3 Å². The minimum Gasteiger partial charge on any atom is -0.463 e. The molecule has 0 aliphatic heterocycles. The maximum atomic E-state index is 11.7. The standard InChI is InChI=1S/C19H30O2/c1-8-21-17(20)12-14-9-10-15(18(2,3)4)13-16(11-14)19(5,6)7/h11-13H,8-10H2,1-7H3/b14-12+. The highest BCUT2D eigenvalue weighted by Gasteiger charge is 2.24. The third kappa shape index (κ3) is 5.53. The Labute approximate surface area is 130 Å². The van der Waals surface area contributed by atoms with Crippen molar-refractivity contribution in [3.8, 4) is 0 Å². The Morgan fingerprint density at radius 2 is 1.71 bits per heavy atom. The van der Waals surface area contributed by atoms with Crippen LogP contribution in [0.5, 0.6) is 0 Å². The number of allylic oxidation sites excluding steroid dienone is 5. The summed E-state index contributed by atoms with van der Waals surface area (Å²) >= 11 is 0. The Kier molecular flexibility index (Phi) is 5.61. The van der Waals surface area contributed by atoms with Crippen molar-refractivity contribution >= 4 is 5.97 Å². The minimum absolute atomic E-state index is 0.0641. The Hall–Kier alpha value is -1.31. The molecule has 0 spiro atoms. The first kappa shape index (κ1) is 17.7. The molecule has 0 unspecified atom stereocenters. The number of hydrogen-bond acceptors (Lipinski definition) is 2. The number of carbonyl (C=O) groups excluding carboxylic acids is 1. The van der Waals surface area contributed by atoms with E-state index in [1.807, 2.05) is 6.92 Å². The summed E-state index contributed by atoms with van der Waals surface area (Å²) in [6.07, 6.45) is 8.02. The van der Waals surface area contributed by atoms with Gasteiger partial charge in [0.2, 0.25) is 0 Å². The van der Waals surface area contributed by atoms with Crippen LogP contribution in [0.2, 0.25) is 0 Å². The molecular formula is C19H30O2. The molecule has 1 rings (SSSR count). The van der Waals surface area contributed by atoms with E-state index in [0.29, 0.717) is 6.61 Å². The molecule has 0 fully saturated rings. The lowest BCUT2D eigenvalue weighted by atomic mass is 9.80. The molecule has 21 heavy (non-hydrogen) atoms. The van der Waals surface area contributed by atoms with Gasteiger partial charge < -0.3 is 4.74 Å². The molecule has 0 amide bonds. The van der Waals surface area contributed by atoms with E-state index >= 15 is 0 Å². The van der Waals surface area contributed by atoms with E-state index in [9.17, 15) is 4.79 Å². The Morgan fingerprint density at radius 3 is 2.19 bits per heavy atom. The maximum Gasteiger partial charge on any atom is 0.331 e. The van der Waals surface area contributed by atoms with Gasteiger partial charge in [-0.05, 0) is 41.7 Å². The summed E-state index contributed by atoms with van der Waals surface area (Å²) in [5.74, 6) is -0.240. The van der Waals surface area contributed by atoms with Crippen LogP contribution in [-0.2, 0) is 9.53 Å². The van der Waals surface area contributed by atoms with Crippen LogP contribution in [-0.4, -0.2) is 12.6 Å². The SMILES string of the molecule is CCOC(=O)/C=C1/C=C(C(C)(C)C)C=C(C(C)(C)C)CC1. The third-order valence-corrected chi connectivity index (χ3v) is 3.77. The summed E-state index contributed by atoms with van der Waals surface area (Å²) in [4.78, 5) is 11.7. The molecule has 2 heteroatoms. The van der Waals surface area contributed by atoms with Crippen LogP contribution in [0.4, 0.5) is 0 Å². The van der Waals surface area contributed by atoms with Crippen LogP contribution >= 0.6 is 0 Å². The zero-order valence-corrected chi connectivity index (χ0v) is 14.7. The van der Waals surface area contributed by atoms with Gasteiger partial charge >= 0.3 is 5.97 Å². The predicted octanol–water partition coefficient (Wildman–Crippen LogP) is 5.21. The van der Waals surface area contributed by atoms with Gasteiger partial charge in [0.25, 0.3) is 0 Å². The lowest BCUT2D eigenvalue weighted by molar-refractivity contribution is -0.137.